The van der Waals surface area contributed by atoms with E-state index in [1.807, 2.05) is 30.5 Å². The number of sulfone groups is 1. The van der Waals surface area contributed by atoms with E-state index < -0.39 is 15.4 Å². The fourth-order valence-electron chi connectivity index (χ4n) is 5.96. The van der Waals surface area contributed by atoms with E-state index in [0.29, 0.717) is 38.0 Å². The number of rotatable bonds is 6. The number of aromatic nitrogens is 2. The molecule has 1 aliphatic heterocycles. The van der Waals surface area contributed by atoms with Crippen LogP contribution >= 0.6 is 0 Å². The molecular weight excluding hydrogens is 529 g/mol. The van der Waals surface area contributed by atoms with E-state index in [2.05, 4.69) is 16.3 Å². The van der Waals surface area contributed by atoms with Gasteiger partial charge in [0.1, 0.15) is 17.0 Å². The molecule has 2 saturated carbocycles. The fraction of sp³-hybridized carbons (Fsp3) is 0.433. The van der Waals surface area contributed by atoms with E-state index in [1.54, 1.807) is 22.9 Å². The molecule has 208 valence electrons. The van der Waals surface area contributed by atoms with Gasteiger partial charge in [-0.2, -0.15) is 10.4 Å². The maximum Gasteiger partial charge on any atom is 0.225 e. The van der Waals surface area contributed by atoms with Crippen LogP contribution in [0.1, 0.15) is 50.1 Å². The van der Waals surface area contributed by atoms with Crippen molar-refractivity contribution in [3.63, 3.8) is 0 Å². The molecule has 3 aromatic rings. The zero-order chi connectivity index (χ0) is 27.9. The van der Waals surface area contributed by atoms with Gasteiger partial charge < -0.3 is 10.2 Å². The Kier molecular flexibility index (Phi) is 6.87. The summed E-state index contributed by atoms with van der Waals surface area (Å²) in [6.07, 6.45) is 6.56. The second-order valence-corrected chi connectivity index (χ2v) is 13.5. The monoisotopic (exact) mass is 561 g/mol. The summed E-state index contributed by atoms with van der Waals surface area (Å²) >= 11 is 0. The summed E-state index contributed by atoms with van der Waals surface area (Å²) in [7, 11) is -2.98. The van der Waals surface area contributed by atoms with Gasteiger partial charge in [0.15, 0.2) is 9.84 Å². The highest BCUT2D eigenvalue weighted by Crippen LogP contribution is 2.43. The van der Waals surface area contributed by atoms with Gasteiger partial charge in [0.05, 0.1) is 23.3 Å². The molecule has 1 aromatic heterocycles. The number of halogens is 1. The number of carbonyl (C=O) groups excluding carboxylic acids is 1. The number of nitriles is 1. The van der Waals surface area contributed by atoms with Gasteiger partial charge >= 0.3 is 0 Å². The molecule has 0 unspecified atom stereocenters. The Balaban J connectivity index is 1.36. The van der Waals surface area contributed by atoms with Crippen molar-refractivity contribution in [1.82, 2.24) is 15.1 Å². The first kappa shape index (κ1) is 26.5. The molecule has 2 aliphatic carbocycles. The standard InChI is InChI=1S/C30H32FN5O3S/c31-26-7-3-4-8-27(26)36-19-25(21-9-11-22(12-10-21)35-15-17-40(38,39)18-16-35)28(34-36)23-5-1-2-6-24(23)29(37)33-30(20-32)13-14-30/h3-4,7-12,19,23-24H,1-2,5-6,13-18H2,(H,33,37)/t23-,24-/m1/s1. The molecule has 3 aliphatic rings. The van der Waals surface area contributed by atoms with Crippen molar-refractivity contribution < 1.29 is 17.6 Å². The molecule has 0 spiro atoms. The Morgan fingerprint density at radius 3 is 2.42 bits per heavy atom. The van der Waals surface area contributed by atoms with Gasteiger partial charge in [-0.05, 0) is 55.5 Å². The molecule has 3 fully saturated rings. The van der Waals surface area contributed by atoms with Crippen molar-refractivity contribution in [3.8, 4) is 22.9 Å². The van der Waals surface area contributed by atoms with E-state index in [9.17, 15) is 22.9 Å². The smallest absolute Gasteiger partial charge is 0.225 e. The number of nitrogens with one attached hydrogen (secondary N) is 1. The summed E-state index contributed by atoms with van der Waals surface area (Å²) in [5.41, 5.74) is 3.02. The molecule has 8 nitrogen and oxygen atoms in total. The lowest BCUT2D eigenvalue weighted by Gasteiger charge is -2.31. The van der Waals surface area contributed by atoms with Crippen LogP contribution in [0.2, 0.25) is 0 Å². The largest absolute Gasteiger partial charge is 0.369 e. The van der Waals surface area contributed by atoms with Crippen molar-refractivity contribution in [2.24, 2.45) is 5.92 Å². The third-order valence-corrected chi connectivity index (χ3v) is 10.1. The zero-order valence-corrected chi connectivity index (χ0v) is 23.0. The van der Waals surface area contributed by atoms with Crippen LogP contribution < -0.4 is 10.2 Å². The molecule has 40 heavy (non-hydrogen) atoms. The van der Waals surface area contributed by atoms with Gasteiger partial charge in [0.25, 0.3) is 0 Å². The lowest BCUT2D eigenvalue weighted by Crippen LogP contribution is -2.42. The average Bonchev–Trinajstić information content (AvgIpc) is 3.60. The summed E-state index contributed by atoms with van der Waals surface area (Å²) in [5, 5.41) is 17.4. The number of nitrogens with zero attached hydrogens (tertiary/aromatic N) is 4. The van der Waals surface area contributed by atoms with E-state index in [0.717, 1.165) is 41.8 Å². The van der Waals surface area contributed by atoms with Gasteiger partial charge in [0, 0.05) is 42.4 Å². The maximum atomic E-state index is 14.8. The van der Waals surface area contributed by atoms with Crippen LogP contribution in [0.4, 0.5) is 10.1 Å². The van der Waals surface area contributed by atoms with Crippen LogP contribution in [0.15, 0.2) is 54.7 Å². The van der Waals surface area contributed by atoms with Crippen molar-refractivity contribution in [1.29, 1.82) is 5.26 Å². The van der Waals surface area contributed by atoms with Crippen LogP contribution in [0.25, 0.3) is 16.8 Å². The number of para-hydroxylation sites is 1. The van der Waals surface area contributed by atoms with Crippen molar-refractivity contribution in [2.45, 2.75) is 50.0 Å². The number of anilines is 1. The lowest BCUT2D eigenvalue weighted by molar-refractivity contribution is -0.127. The summed E-state index contributed by atoms with van der Waals surface area (Å²) in [6.45, 7) is 0.919. The predicted octanol–water partition coefficient (Wildman–Crippen LogP) is 4.36. The molecule has 2 aromatic carbocycles. The average molecular weight is 562 g/mol. The van der Waals surface area contributed by atoms with Crippen LogP contribution in [0.3, 0.4) is 0 Å². The molecular formula is C30H32FN5O3S. The Hall–Kier alpha value is -3.71. The number of amides is 1. The first-order valence-corrected chi connectivity index (χ1v) is 15.7. The minimum absolute atomic E-state index is 0.106. The Morgan fingerprint density at radius 1 is 1.05 bits per heavy atom. The summed E-state index contributed by atoms with van der Waals surface area (Å²) in [6, 6.07) is 16.7. The Labute approximate surface area is 233 Å². The number of carbonyl (C=O) groups is 1. The molecule has 1 N–H and O–H groups in total. The van der Waals surface area contributed by atoms with Crippen LogP contribution in [-0.2, 0) is 14.6 Å². The second kappa shape index (κ2) is 10.4. The molecule has 0 bridgehead atoms. The van der Waals surface area contributed by atoms with Crippen LogP contribution in [-0.4, -0.2) is 54.2 Å². The summed E-state index contributed by atoms with van der Waals surface area (Å²) in [4.78, 5) is 15.5. The Bertz CT molecular complexity index is 1560. The van der Waals surface area contributed by atoms with Crippen molar-refractivity contribution in [3.05, 3.63) is 66.2 Å². The minimum atomic E-state index is -2.98. The van der Waals surface area contributed by atoms with E-state index in [1.165, 1.54) is 6.07 Å². The number of hydrogen-bond acceptors (Lipinski definition) is 6. The SMILES string of the molecule is N#CC1(NC(=O)[C@@H]2CCCC[C@H]2c2nn(-c3ccccc3F)cc2-c2ccc(N3CCS(=O)(=O)CC3)cc2)CC1. The molecule has 10 heteroatoms. The predicted molar refractivity (Wildman–Crippen MR) is 150 cm³/mol. The highest BCUT2D eigenvalue weighted by atomic mass is 32.2. The molecule has 6 rings (SSSR count). The summed E-state index contributed by atoms with van der Waals surface area (Å²) in [5.74, 6) is -0.694. The maximum absolute atomic E-state index is 14.8. The molecule has 0 radical (unpaired) electrons. The third kappa shape index (κ3) is 5.22. The first-order valence-electron chi connectivity index (χ1n) is 13.9. The lowest BCUT2D eigenvalue weighted by atomic mass is 9.75. The molecule has 2 atom stereocenters. The van der Waals surface area contributed by atoms with Gasteiger partial charge in [-0.15, -0.1) is 0 Å². The minimum Gasteiger partial charge on any atom is -0.369 e. The van der Waals surface area contributed by atoms with Crippen molar-refractivity contribution >= 4 is 21.4 Å². The van der Waals surface area contributed by atoms with Crippen molar-refractivity contribution in [2.75, 3.05) is 29.5 Å². The number of hydrogen-bond donors (Lipinski definition) is 1. The second-order valence-electron chi connectivity index (χ2n) is 11.2. The van der Waals surface area contributed by atoms with Crippen LogP contribution in [0.5, 0.6) is 0 Å². The molecule has 2 heterocycles. The highest BCUT2D eigenvalue weighted by Gasteiger charge is 2.47. The van der Waals surface area contributed by atoms with Gasteiger partial charge in [-0.25, -0.2) is 17.5 Å². The van der Waals surface area contributed by atoms with E-state index in [-0.39, 0.29) is 35.1 Å². The van der Waals surface area contributed by atoms with Gasteiger partial charge in [0.2, 0.25) is 5.91 Å². The fourth-order valence-corrected chi connectivity index (χ4v) is 7.16. The summed E-state index contributed by atoms with van der Waals surface area (Å²) < 4.78 is 40.1. The highest BCUT2D eigenvalue weighted by molar-refractivity contribution is 7.91. The zero-order valence-electron chi connectivity index (χ0n) is 22.2. The van der Waals surface area contributed by atoms with Gasteiger partial charge in [-0.1, -0.05) is 37.1 Å². The van der Waals surface area contributed by atoms with E-state index in [4.69, 9.17) is 5.10 Å². The quantitative estimate of drug-likeness (QED) is 0.479. The number of benzene rings is 2. The first-order chi connectivity index (χ1) is 19.3. The molecule has 1 amide bonds. The Morgan fingerprint density at radius 2 is 1.75 bits per heavy atom. The topological polar surface area (TPSA) is 108 Å². The normalized spacial score (nSPS) is 23.2. The van der Waals surface area contributed by atoms with Gasteiger partial charge in [-0.3, -0.25) is 4.79 Å². The van der Waals surface area contributed by atoms with E-state index >= 15 is 0 Å². The van der Waals surface area contributed by atoms with Crippen LogP contribution in [0, 0.1) is 23.1 Å². The molecule has 1 saturated heterocycles. The third-order valence-electron chi connectivity index (χ3n) is 8.51.